The SMILES string of the molecule is C=C(C(C)=O)C(=O)CCCC(N)C(=O)O. The van der Waals surface area contributed by atoms with Crippen LogP contribution in [0.15, 0.2) is 12.2 Å². The van der Waals surface area contributed by atoms with E-state index in [1.165, 1.54) is 6.92 Å². The van der Waals surface area contributed by atoms with Gasteiger partial charge in [-0.05, 0) is 19.8 Å². The Morgan fingerprint density at radius 2 is 1.93 bits per heavy atom. The Bertz CT molecular complexity index is 296. The minimum Gasteiger partial charge on any atom is -0.480 e. The molecule has 0 aromatic rings. The number of carbonyl (C=O) groups is 3. The Kier molecular flexibility index (Phi) is 5.48. The summed E-state index contributed by atoms with van der Waals surface area (Å²) in [5.74, 6) is -1.80. The Balaban J connectivity index is 3.88. The lowest BCUT2D eigenvalue weighted by molar-refractivity contribution is -0.138. The lowest BCUT2D eigenvalue weighted by Gasteiger charge is -2.05. The molecule has 0 aromatic heterocycles. The van der Waals surface area contributed by atoms with Crippen LogP contribution in [-0.2, 0) is 14.4 Å². The maximum atomic E-state index is 11.2. The number of hydrogen-bond acceptors (Lipinski definition) is 4. The predicted octanol–water partition coefficient (Wildman–Crippen LogP) is 0.283. The number of rotatable bonds is 7. The van der Waals surface area contributed by atoms with Crippen molar-refractivity contribution in [2.75, 3.05) is 0 Å². The van der Waals surface area contributed by atoms with E-state index in [0.29, 0.717) is 6.42 Å². The fraction of sp³-hybridized carbons (Fsp3) is 0.500. The molecule has 84 valence electrons. The fourth-order valence-electron chi connectivity index (χ4n) is 0.953. The molecule has 0 saturated carbocycles. The van der Waals surface area contributed by atoms with Crippen LogP contribution >= 0.6 is 0 Å². The van der Waals surface area contributed by atoms with Crippen molar-refractivity contribution in [3.63, 3.8) is 0 Å². The molecule has 3 N–H and O–H groups in total. The van der Waals surface area contributed by atoms with Crippen molar-refractivity contribution in [3.8, 4) is 0 Å². The summed E-state index contributed by atoms with van der Waals surface area (Å²) < 4.78 is 0. The molecule has 0 rings (SSSR count). The van der Waals surface area contributed by atoms with Crippen molar-refractivity contribution in [1.29, 1.82) is 0 Å². The number of Topliss-reactive ketones (excluding diaryl/α,β-unsaturated/α-hetero) is 2. The van der Waals surface area contributed by atoms with Crippen molar-refractivity contribution >= 4 is 17.5 Å². The average molecular weight is 213 g/mol. The summed E-state index contributed by atoms with van der Waals surface area (Å²) in [6.45, 7) is 4.61. The van der Waals surface area contributed by atoms with Gasteiger partial charge in [-0.15, -0.1) is 0 Å². The lowest BCUT2D eigenvalue weighted by atomic mass is 10.0. The van der Waals surface area contributed by atoms with Gasteiger partial charge in [-0.1, -0.05) is 6.58 Å². The van der Waals surface area contributed by atoms with Gasteiger partial charge in [0.25, 0.3) is 0 Å². The van der Waals surface area contributed by atoms with E-state index in [0.717, 1.165) is 0 Å². The zero-order valence-corrected chi connectivity index (χ0v) is 8.66. The van der Waals surface area contributed by atoms with E-state index in [4.69, 9.17) is 10.8 Å². The van der Waals surface area contributed by atoms with Gasteiger partial charge in [0.2, 0.25) is 0 Å². The summed E-state index contributed by atoms with van der Waals surface area (Å²) in [6, 6.07) is -0.955. The zero-order chi connectivity index (χ0) is 12.0. The molecule has 0 radical (unpaired) electrons. The normalized spacial score (nSPS) is 11.9. The number of carboxylic acid groups (broad SMARTS) is 1. The van der Waals surface area contributed by atoms with Crippen molar-refractivity contribution in [3.05, 3.63) is 12.2 Å². The van der Waals surface area contributed by atoms with Gasteiger partial charge in [0.05, 0.1) is 5.57 Å². The first-order valence-corrected chi connectivity index (χ1v) is 4.57. The predicted molar refractivity (Wildman–Crippen MR) is 54.3 cm³/mol. The van der Waals surface area contributed by atoms with Crippen LogP contribution in [0.3, 0.4) is 0 Å². The highest BCUT2D eigenvalue weighted by molar-refractivity contribution is 6.18. The van der Waals surface area contributed by atoms with Crippen molar-refractivity contribution in [2.45, 2.75) is 32.2 Å². The molecule has 5 nitrogen and oxygen atoms in total. The van der Waals surface area contributed by atoms with E-state index >= 15 is 0 Å². The van der Waals surface area contributed by atoms with E-state index in [-0.39, 0.29) is 30.0 Å². The highest BCUT2D eigenvalue weighted by Gasteiger charge is 2.14. The third kappa shape index (κ3) is 5.07. The summed E-state index contributed by atoms with van der Waals surface area (Å²) in [5, 5.41) is 8.46. The number of hydrogen-bond donors (Lipinski definition) is 2. The summed E-state index contributed by atoms with van der Waals surface area (Å²) in [7, 11) is 0. The van der Waals surface area contributed by atoms with Crippen molar-refractivity contribution in [2.24, 2.45) is 5.73 Å². The average Bonchev–Trinajstić information content (AvgIpc) is 2.15. The summed E-state index contributed by atoms with van der Waals surface area (Å²) in [6.07, 6.45) is 0.671. The monoisotopic (exact) mass is 213 g/mol. The Morgan fingerprint density at radius 3 is 2.33 bits per heavy atom. The molecule has 1 unspecified atom stereocenters. The number of carboxylic acids is 1. The second-order valence-electron chi connectivity index (χ2n) is 3.29. The maximum Gasteiger partial charge on any atom is 0.320 e. The standard InChI is InChI=1S/C10H15NO4/c1-6(7(2)12)9(13)5-3-4-8(11)10(14)15/h8H,1,3-5,11H2,2H3,(H,14,15). The van der Waals surface area contributed by atoms with Crippen LogP contribution in [0, 0.1) is 0 Å². The van der Waals surface area contributed by atoms with Crippen LogP contribution < -0.4 is 5.73 Å². The first kappa shape index (κ1) is 13.5. The van der Waals surface area contributed by atoms with E-state index in [1.54, 1.807) is 0 Å². The number of allylic oxidation sites excluding steroid dienone is 1. The van der Waals surface area contributed by atoms with Gasteiger partial charge in [-0.3, -0.25) is 14.4 Å². The molecular weight excluding hydrogens is 198 g/mol. The molecule has 1 atom stereocenters. The third-order valence-corrected chi connectivity index (χ3v) is 2.00. The maximum absolute atomic E-state index is 11.2. The second-order valence-corrected chi connectivity index (χ2v) is 3.29. The fourth-order valence-corrected chi connectivity index (χ4v) is 0.953. The molecule has 0 aromatic carbocycles. The van der Waals surface area contributed by atoms with E-state index < -0.39 is 12.0 Å². The van der Waals surface area contributed by atoms with Crippen molar-refractivity contribution < 1.29 is 19.5 Å². The number of ketones is 2. The van der Waals surface area contributed by atoms with Gasteiger partial charge in [0.15, 0.2) is 11.6 Å². The van der Waals surface area contributed by atoms with Crippen molar-refractivity contribution in [1.82, 2.24) is 0 Å². The quantitative estimate of drug-likeness (QED) is 0.359. The van der Waals surface area contributed by atoms with E-state index in [9.17, 15) is 14.4 Å². The zero-order valence-electron chi connectivity index (χ0n) is 8.66. The molecule has 0 spiro atoms. The van der Waals surface area contributed by atoms with Gasteiger partial charge < -0.3 is 10.8 Å². The molecular formula is C10H15NO4. The van der Waals surface area contributed by atoms with Crippen LogP contribution in [0.4, 0.5) is 0 Å². The molecule has 0 saturated heterocycles. The Hall–Kier alpha value is -1.49. The first-order chi connectivity index (χ1) is 6.86. The van der Waals surface area contributed by atoms with Crippen LogP contribution in [-0.4, -0.2) is 28.7 Å². The minimum absolute atomic E-state index is 0.0427. The first-order valence-electron chi connectivity index (χ1n) is 4.57. The molecule has 0 amide bonds. The van der Waals surface area contributed by atoms with Gasteiger partial charge in [-0.2, -0.15) is 0 Å². The number of aliphatic carboxylic acids is 1. The lowest BCUT2D eigenvalue weighted by Crippen LogP contribution is -2.30. The second kappa shape index (κ2) is 6.08. The van der Waals surface area contributed by atoms with E-state index in [2.05, 4.69) is 6.58 Å². The minimum atomic E-state index is -1.09. The topological polar surface area (TPSA) is 97.5 Å². The van der Waals surface area contributed by atoms with Gasteiger partial charge in [0, 0.05) is 6.42 Å². The summed E-state index contributed by atoms with van der Waals surface area (Å²) >= 11 is 0. The molecule has 0 heterocycles. The largest absolute Gasteiger partial charge is 0.480 e. The summed E-state index contributed by atoms with van der Waals surface area (Å²) in [5.41, 5.74) is 5.20. The number of carbonyl (C=O) groups excluding carboxylic acids is 2. The summed E-state index contributed by atoms with van der Waals surface area (Å²) in [4.78, 5) is 32.3. The smallest absolute Gasteiger partial charge is 0.320 e. The number of nitrogens with two attached hydrogens (primary N) is 1. The molecule has 0 bridgehead atoms. The highest BCUT2D eigenvalue weighted by atomic mass is 16.4. The molecule has 5 heteroatoms. The third-order valence-electron chi connectivity index (χ3n) is 2.00. The molecule has 15 heavy (non-hydrogen) atoms. The Morgan fingerprint density at radius 1 is 1.40 bits per heavy atom. The van der Waals surface area contributed by atoms with Gasteiger partial charge in [-0.25, -0.2) is 0 Å². The van der Waals surface area contributed by atoms with Gasteiger partial charge >= 0.3 is 5.97 Å². The van der Waals surface area contributed by atoms with E-state index in [1.807, 2.05) is 0 Å². The highest BCUT2D eigenvalue weighted by Crippen LogP contribution is 2.05. The Labute approximate surface area is 88.0 Å². The molecule has 0 aliphatic heterocycles. The molecule has 0 aliphatic carbocycles. The molecule has 0 aliphatic rings. The van der Waals surface area contributed by atoms with Crippen LogP contribution in [0.25, 0.3) is 0 Å². The van der Waals surface area contributed by atoms with Crippen LogP contribution in [0.5, 0.6) is 0 Å². The van der Waals surface area contributed by atoms with Gasteiger partial charge in [0.1, 0.15) is 6.04 Å². The van der Waals surface area contributed by atoms with Crippen LogP contribution in [0.1, 0.15) is 26.2 Å². The van der Waals surface area contributed by atoms with Crippen LogP contribution in [0.2, 0.25) is 0 Å². The molecule has 0 fully saturated rings.